The first-order chi connectivity index (χ1) is 25.8. The minimum absolute atomic E-state index is 0.150. The Labute approximate surface area is 313 Å². The Bertz CT molecular complexity index is 1830. The van der Waals surface area contributed by atoms with Crippen LogP contribution in [0.1, 0.15) is 57.7 Å². The van der Waals surface area contributed by atoms with Crippen LogP contribution in [0.5, 0.6) is 0 Å². The van der Waals surface area contributed by atoms with Gasteiger partial charge in [-0.25, -0.2) is 9.97 Å². The number of imidazole rings is 2. The van der Waals surface area contributed by atoms with Crippen LogP contribution in [-0.4, -0.2) is 97.4 Å². The first kappa shape index (κ1) is 41.0. The van der Waals surface area contributed by atoms with Crippen molar-refractivity contribution in [2.24, 2.45) is 0 Å². The predicted octanol–water partition coefficient (Wildman–Crippen LogP) is 6.52. The summed E-state index contributed by atoms with van der Waals surface area (Å²) in [6.45, 7) is 11.1. The molecule has 0 radical (unpaired) electrons. The summed E-state index contributed by atoms with van der Waals surface area (Å²) in [6.07, 6.45) is 7.82. The van der Waals surface area contributed by atoms with Crippen molar-refractivity contribution >= 4 is 23.5 Å². The molecule has 1 spiro atoms. The summed E-state index contributed by atoms with van der Waals surface area (Å²) in [5, 5.41) is 8.47. The van der Waals surface area contributed by atoms with Gasteiger partial charge in [-0.2, -0.15) is 0 Å². The van der Waals surface area contributed by atoms with E-state index in [4.69, 9.17) is 19.3 Å². The molecule has 2 fully saturated rings. The predicted molar refractivity (Wildman–Crippen MR) is 210 cm³/mol. The van der Waals surface area contributed by atoms with Gasteiger partial charge in [-0.15, -0.1) is 0 Å². The van der Waals surface area contributed by atoms with Crippen LogP contribution in [0.4, 0.5) is 0 Å². The highest BCUT2D eigenvalue weighted by Gasteiger charge is 2.48. The summed E-state index contributed by atoms with van der Waals surface area (Å²) < 4.78 is 15.7. The number of benzene rings is 3. The number of nitrogens with one attached hydrogen (secondary N) is 4. The van der Waals surface area contributed by atoms with Gasteiger partial charge in [-0.3, -0.25) is 9.69 Å². The second-order valence-corrected chi connectivity index (χ2v) is 13.0. The number of aromatic amines is 2. The van der Waals surface area contributed by atoms with Crippen LogP contribution < -0.4 is 10.6 Å². The summed E-state index contributed by atoms with van der Waals surface area (Å²) in [7, 11) is 5.15. The Morgan fingerprint density at radius 2 is 1.47 bits per heavy atom. The molecule has 12 heteroatoms. The van der Waals surface area contributed by atoms with Crippen molar-refractivity contribution in [3.8, 4) is 33.6 Å². The van der Waals surface area contributed by atoms with Crippen LogP contribution in [0.3, 0.4) is 0 Å². The molecular formula is C41H55N7O5. The number of hydrogen-bond acceptors (Lipinski definition) is 10. The van der Waals surface area contributed by atoms with Crippen molar-refractivity contribution in [2.45, 2.75) is 58.4 Å². The second-order valence-electron chi connectivity index (χ2n) is 13.0. The number of H-pyrrole nitrogens is 2. The fourth-order valence-corrected chi connectivity index (χ4v) is 6.17. The van der Waals surface area contributed by atoms with Crippen molar-refractivity contribution in [2.75, 3.05) is 54.1 Å². The number of nitrogens with zero attached hydrogens (tertiary/aromatic N) is 3. The van der Waals surface area contributed by atoms with E-state index < -0.39 is 5.79 Å². The van der Waals surface area contributed by atoms with Gasteiger partial charge in [-0.05, 0) is 66.7 Å². The summed E-state index contributed by atoms with van der Waals surface area (Å²) in [4.78, 5) is 36.8. The molecule has 2 saturated heterocycles. The minimum Gasteiger partial charge on any atom is -0.471 e. The first-order valence-electron chi connectivity index (χ1n) is 18.3. The van der Waals surface area contributed by atoms with E-state index in [2.05, 4.69) is 124 Å². The molecule has 2 aliphatic heterocycles. The molecule has 2 aromatic heterocycles. The number of carbonyl (C=O) groups is 2. The van der Waals surface area contributed by atoms with E-state index in [0.717, 1.165) is 72.9 Å². The maximum Gasteiger partial charge on any atom is 0.292 e. The van der Waals surface area contributed by atoms with Gasteiger partial charge in [0.2, 0.25) is 0 Å². The van der Waals surface area contributed by atoms with E-state index in [9.17, 15) is 4.79 Å². The highest BCUT2D eigenvalue weighted by molar-refractivity contribution is 5.90. The molecule has 4 N–H and O–H groups in total. The first-order valence-corrected chi connectivity index (χ1v) is 18.3. The molecule has 3 aromatic carbocycles. The zero-order valence-electron chi connectivity index (χ0n) is 31.9. The number of aromatic nitrogens is 4. The molecule has 0 aliphatic carbocycles. The Hall–Kier alpha value is -4.72. The molecule has 53 heavy (non-hydrogen) atoms. The maximum absolute atomic E-state index is 9.34. The van der Waals surface area contributed by atoms with E-state index in [-0.39, 0.29) is 6.04 Å². The Morgan fingerprint density at radius 3 is 2.08 bits per heavy atom. The number of carbonyl (C=O) groups excluding carboxylic acids is 2. The normalized spacial score (nSPS) is 15.8. The van der Waals surface area contributed by atoms with Crippen molar-refractivity contribution in [3.05, 3.63) is 84.7 Å². The number of fused-ring (bicyclic) bond motifs is 1. The number of aldehydes is 1. The maximum atomic E-state index is 9.34. The van der Waals surface area contributed by atoms with Crippen molar-refractivity contribution < 1.29 is 23.8 Å². The SMILES string of the molecule is CCC.CCCNCc1ncc(-c2ccc3cc(-c4ccc(-c5cnc(C6CC7(CN6C)OCCO7)[nH]5)cc4)ccc3c2)[nH]1.CNCC=O.COC=O. The van der Waals surface area contributed by atoms with Gasteiger partial charge in [0.15, 0.2) is 5.79 Å². The van der Waals surface area contributed by atoms with E-state index in [0.29, 0.717) is 26.2 Å². The average Bonchev–Trinajstić information content (AvgIpc) is 4.01. The van der Waals surface area contributed by atoms with Crippen LogP contribution in [0.15, 0.2) is 73.1 Å². The molecule has 0 saturated carbocycles. The van der Waals surface area contributed by atoms with Crippen LogP contribution in [0, 0.1) is 0 Å². The molecule has 1 unspecified atom stereocenters. The van der Waals surface area contributed by atoms with Crippen LogP contribution in [-0.2, 0) is 30.3 Å². The van der Waals surface area contributed by atoms with Gasteiger partial charge in [0.25, 0.3) is 6.47 Å². The third-order valence-electron chi connectivity index (χ3n) is 8.66. The molecule has 0 amide bonds. The zero-order valence-corrected chi connectivity index (χ0v) is 31.9. The summed E-state index contributed by atoms with van der Waals surface area (Å²) in [5.74, 6) is 1.44. The van der Waals surface area contributed by atoms with Gasteiger partial charge in [0.1, 0.15) is 17.9 Å². The van der Waals surface area contributed by atoms with E-state index in [1.807, 2.05) is 12.4 Å². The van der Waals surface area contributed by atoms with Gasteiger partial charge in [-0.1, -0.05) is 75.7 Å². The topological polar surface area (TPSA) is 146 Å². The Balaban J connectivity index is 0.000000459. The van der Waals surface area contributed by atoms with Gasteiger partial charge in [0, 0.05) is 12.0 Å². The Kier molecular flexibility index (Phi) is 16.3. The summed E-state index contributed by atoms with van der Waals surface area (Å²) in [6, 6.07) is 22.1. The molecule has 7 rings (SSSR count). The third kappa shape index (κ3) is 11.4. The lowest BCUT2D eigenvalue weighted by Gasteiger charge is -2.20. The van der Waals surface area contributed by atoms with E-state index in [1.165, 1.54) is 35.4 Å². The average molecular weight is 726 g/mol. The molecule has 1 atom stereocenters. The lowest BCUT2D eigenvalue weighted by Crippen LogP contribution is -2.32. The van der Waals surface area contributed by atoms with E-state index >= 15 is 0 Å². The highest BCUT2D eigenvalue weighted by atomic mass is 16.7. The van der Waals surface area contributed by atoms with Crippen molar-refractivity contribution in [3.63, 3.8) is 0 Å². The number of hydrogen-bond donors (Lipinski definition) is 4. The fourth-order valence-electron chi connectivity index (χ4n) is 6.17. The quantitative estimate of drug-likeness (QED) is 0.0878. The molecule has 284 valence electrons. The number of ether oxygens (including phenoxy) is 3. The zero-order chi connectivity index (χ0) is 38.1. The lowest BCUT2D eigenvalue weighted by molar-refractivity contribution is -0.145. The number of rotatable bonds is 11. The Morgan fingerprint density at radius 1 is 0.887 bits per heavy atom. The second kappa shape index (κ2) is 21.1. The minimum atomic E-state index is -0.482. The van der Waals surface area contributed by atoms with Gasteiger partial charge < -0.3 is 39.6 Å². The molecule has 5 aromatic rings. The summed E-state index contributed by atoms with van der Waals surface area (Å²) >= 11 is 0. The summed E-state index contributed by atoms with van der Waals surface area (Å²) in [5.41, 5.74) is 6.70. The van der Waals surface area contributed by atoms with Gasteiger partial charge in [0.05, 0.1) is 69.8 Å². The third-order valence-corrected chi connectivity index (χ3v) is 8.66. The highest BCUT2D eigenvalue weighted by Crippen LogP contribution is 2.41. The molecular weight excluding hydrogens is 670 g/mol. The largest absolute Gasteiger partial charge is 0.471 e. The molecule has 2 aliphatic rings. The standard InChI is InChI=1S/C33H36N6O2.C3H7NO.C3H8.C2H4O2/c1-3-12-34-20-31-35-18-29(37-31)27-11-10-25-15-24(8-9-26(25)16-27)22-4-6-23(7-5-22)28-19-36-32(38-28)30-17-33(21-39(30)2)40-13-14-41-33;1-4-2-3-5;1-3-2;1-4-2-3/h4-11,15-16,18-19,30,34H,3,12-14,17,20-21H2,1-2H3,(H,35,37)(H,36,38);3-4H,2H2,1H3;3H2,1-2H3;2H,1H3. The van der Waals surface area contributed by atoms with Crippen LogP contribution >= 0.6 is 0 Å². The number of likely N-dealkylation sites (tertiary alicyclic amines) is 1. The van der Waals surface area contributed by atoms with Crippen LogP contribution in [0.2, 0.25) is 0 Å². The molecule has 0 bridgehead atoms. The number of methoxy groups -OCH3 is 1. The fraction of sp³-hybridized carbons (Fsp3) is 0.415. The van der Waals surface area contributed by atoms with Crippen molar-refractivity contribution in [1.82, 2.24) is 35.5 Å². The monoisotopic (exact) mass is 725 g/mol. The van der Waals surface area contributed by atoms with Gasteiger partial charge >= 0.3 is 0 Å². The number of likely N-dealkylation sites (N-methyl/N-ethyl adjacent to an activating group) is 2. The van der Waals surface area contributed by atoms with Crippen molar-refractivity contribution in [1.29, 1.82) is 0 Å². The van der Waals surface area contributed by atoms with Crippen LogP contribution in [0.25, 0.3) is 44.4 Å². The molecule has 12 nitrogen and oxygen atoms in total. The molecule has 4 heterocycles. The van der Waals surface area contributed by atoms with E-state index in [1.54, 1.807) is 7.05 Å². The smallest absolute Gasteiger partial charge is 0.292 e. The lowest BCUT2D eigenvalue weighted by atomic mass is 9.98.